The summed E-state index contributed by atoms with van der Waals surface area (Å²) >= 11 is 0. The topological polar surface area (TPSA) is 57.9 Å². The van der Waals surface area contributed by atoms with Gasteiger partial charge in [-0.15, -0.1) is 0 Å². The van der Waals surface area contributed by atoms with Crippen molar-refractivity contribution < 1.29 is 4.74 Å². The fraction of sp³-hybridized carbons (Fsp3) is 0.294. The third-order valence-electron chi connectivity index (χ3n) is 2.99. The summed E-state index contributed by atoms with van der Waals surface area (Å²) in [7, 11) is 0. The average Bonchev–Trinajstić information content (AvgIpc) is 2.54. The molecule has 0 saturated carbocycles. The van der Waals surface area contributed by atoms with E-state index in [-0.39, 0.29) is 0 Å². The minimum atomic E-state index is 0.435. The number of hydrogen-bond acceptors (Lipinski definition) is 4. The Morgan fingerprint density at radius 3 is 2.90 bits per heavy atom. The normalized spacial score (nSPS) is 10.1. The summed E-state index contributed by atoms with van der Waals surface area (Å²) in [5.74, 6) is 0.733. The molecule has 4 nitrogen and oxygen atoms in total. The highest BCUT2D eigenvalue weighted by Gasteiger charge is 1.99. The van der Waals surface area contributed by atoms with Crippen molar-refractivity contribution in [2.45, 2.75) is 26.5 Å². The molecule has 0 unspecified atom stereocenters. The third-order valence-corrected chi connectivity index (χ3v) is 2.99. The van der Waals surface area contributed by atoms with Crippen LogP contribution in [-0.4, -0.2) is 11.5 Å². The van der Waals surface area contributed by atoms with Crippen molar-refractivity contribution in [3.63, 3.8) is 0 Å². The molecule has 4 heteroatoms. The third kappa shape index (κ3) is 4.90. The Kier molecular flexibility index (Phi) is 5.74. The fourth-order valence-corrected chi connectivity index (χ4v) is 1.89. The first-order chi connectivity index (χ1) is 10.3. The zero-order valence-corrected chi connectivity index (χ0v) is 12.2. The molecule has 1 aromatic heterocycles. The largest absolute Gasteiger partial charge is 0.487 e. The van der Waals surface area contributed by atoms with Crippen LogP contribution in [0.4, 0.5) is 0 Å². The van der Waals surface area contributed by atoms with Gasteiger partial charge in [-0.1, -0.05) is 19.1 Å². The highest BCUT2D eigenvalue weighted by atomic mass is 16.5. The van der Waals surface area contributed by atoms with Crippen LogP contribution < -0.4 is 10.1 Å². The summed E-state index contributed by atoms with van der Waals surface area (Å²) < 4.78 is 5.68. The summed E-state index contributed by atoms with van der Waals surface area (Å²) in [4.78, 5) is 4.36. The first-order valence-corrected chi connectivity index (χ1v) is 7.09. The lowest BCUT2D eigenvalue weighted by Crippen LogP contribution is -2.14. The molecule has 1 heterocycles. The first kappa shape index (κ1) is 15.0. The van der Waals surface area contributed by atoms with Crippen molar-refractivity contribution in [3.05, 3.63) is 59.4 Å². The standard InChI is InChI=1S/C17H19N3O/c1-2-8-19-11-16-6-7-17(12-20-16)21-13-15-5-3-4-14(9-15)10-18/h3-7,9,12,19H,2,8,11,13H2,1H3. The number of hydrogen-bond donors (Lipinski definition) is 1. The molecule has 0 spiro atoms. The Morgan fingerprint density at radius 1 is 1.29 bits per heavy atom. The number of nitrogens with zero attached hydrogens (tertiary/aromatic N) is 2. The number of nitrogens with one attached hydrogen (secondary N) is 1. The molecule has 0 atom stereocenters. The van der Waals surface area contributed by atoms with E-state index < -0.39 is 0 Å². The number of nitriles is 1. The van der Waals surface area contributed by atoms with Gasteiger partial charge in [0.1, 0.15) is 12.4 Å². The van der Waals surface area contributed by atoms with Crippen LogP contribution in [0.25, 0.3) is 0 Å². The molecule has 1 N–H and O–H groups in total. The summed E-state index contributed by atoms with van der Waals surface area (Å²) in [6.07, 6.45) is 2.85. The van der Waals surface area contributed by atoms with Gasteiger partial charge >= 0.3 is 0 Å². The van der Waals surface area contributed by atoms with Gasteiger partial charge in [0.05, 0.1) is 23.5 Å². The van der Waals surface area contributed by atoms with Crippen LogP contribution >= 0.6 is 0 Å². The molecule has 21 heavy (non-hydrogen) atoms. The van der Waals surface area contributed by atoms with Crippen molar-refractivity contribution in [3.8, 4) is 11.8 Å². The predicted octanol–water partition coefficient (Wildman–Crippen LogP) is 3.03. The van der Waals surface area contributed by atoms with E-state index in [1.165, 1.54) is 0 Å². The molecule has 1 aromatic carbocycles. The van der Waals surface area contributed by atoms with E-state index in [0.717, 1.165) is 36.5 Å². The Bertz CT molecular complexity index is 602. The van der Waals surface area contributed by atoms with E-state index in [2.05, 4.69) is 23.3 Å². The molecule has 2 aromatic rings. The Hall–Kier alpha value is -2.38. The number of rotatable bonds is 7. The molecule has 0 fully saturated rings. The average molecular weight is 281 g/mol. The van der Waals surface area contributed by atoms with Gasteiger partial charge in [-0.2, -0.15) is 5.26 Å². The number of benzene rings is 1. The molecule has 0 aliphatic heterocycles. The fourth-order valence-electron chi connectivity index (χ4n) is 1.89. The second-order valence-electron chi connectivity index (χ2n) is 4.76. The summed E-state index contributed by atoms with van der Waals surface area (Å²) in [5.41, 5.74) is 2.62. The number of pyridine rings is 1. The molecule has 108 valence electrons. The van der Waals surface area contributed by atoms with Crippen molar-refractivity contribution in [2.24, 2.45) is 0 Å². The van der Waals surface area contributed by atoms with Gasteiger partial charge in [0.2, 0.25) is 0 Å². The molecule has 0 aliphatic carbocycles. The highest BCUT2D eigenvalue weighted by molar-refractivity contribution is 5.32. The second kappa shape index (κ2) is 8.03. The molecule has 2 rings (SSSR count). The van der Waals surface area contributed by atoms with E-state index in [4.69, 9.17) is 10.00 Å². The lowest BCUT2D eigenvalue weighted by Gasteiger charge is -2.07. The van der Waals surface area contributed by atoms with Gasteiger partial charge in [0, 0.05) is 6.54 Å². The summed E-state index contributed by atoms with van der Waals surface area (Å²) in [5, 5.41) is 12.2. The van der Waals surface area contributed by atoms with Crippen LogP contribution in [0, 0.1) is 11.3 Å². The van der Waals surface area contributed by atoms with E-state index in [0.29, 0.717) is 12.2 Å². The van der Waals surface area contributed by atoms with Crippen LogP contribution in [0.1, 0.15) is 30.2 Å². The molecule has 0 amide bonds. The predicted molar refractivity (Wildman–Crippen MR) is 81.7 cm³/mol. The SMILES string of the molecule is CCCNCc1ccc(OCc2cccc(C#N)c2)cn1. The Labute approximate surface area is 125 Å². The maximum atomic E-state index is 8.86. The van der Waals surface area contributed by atoms with E-state index >= 15 is 0 Å². The molecular weight excluding hydrogens is 262 g/mol. The van der Waals surface area contributed by atoms with Gasteiger partial charge in [0.25, 0.3) is 0 Å². The van der Waals surface area contributed by atoms with Crippen molar-refractivity contribution >= 4 is 0 Å². The minimum Gasteiger partial charge on any atom is -0.487 e. The minimum absolute atomic E-state index is 0.435. The van der Waals surface area contributed by atoms with Gasteiger partial charge in [-0.3, -0.25) is 4.98 Å². The smallest absolute Gasteiger partial charge is 0.138 e. The van der Waals surface area contributed by atoms with Gasteiger partial charge in [-0.25, -0.2) is 0 Å². The van der Waals surface area contributed by atoms with E-state index in [1.807, 2.05) is 30.3 Å². The van der Waals surface area contributed by atoms with Gasteiger partial charge < -0.3 is 10.1 Å². The van der Waals surface area contributed by atoms with Crippen LogP contribution in [0.2, 0.25) is 0 Å². The lowest BCUT2D eigenvalue weighted by molar-refractivity contribution is 0.304. The molecule has 0 aliphatic rings. The molecular formula is C17H19N3O. The van der Waals surface area contributed by atoms with E-state index in [9.17, 15) is 0 Å². The highest BCUT2D eigenvalue weighted by Crippen LogP contribution is 2.12. The van der Waals surface area contributed by atoms with Crippen molar-refractivity contribution in [1.29, 1.82) is 5.26 Å². The summed E-state index contributed by atoms with van der Waals surface area (Å²) in [6, 6.07) is 13.4. The second-order valence-corrected chi connectivity index (χ2v) is 4.76. The first-order valence-electron chi connectivity index (χ1n) is 7.09. The van der Waals surface area contributed by atoms with Crippen molar-refractivity contribution in [1.82, 2.24) is 10.3 Å². The number of aromatic nitrogens is 1. The maximum absolute atomic E-state index is 8.86. The maximum Gasteiger partial charge on any atom is 0.138 e. The Morgan fingerprint density at radius 2 is 2.19 bits per heavy atom. The quantitative estimate of drug-likeness (QED) is 0.793. The molecule has 0 bridgehead atoms. The zero-order chi connectivity index (χ0) is 14.9. The van der Waals surface area contributed by atoms with E-state index in [1.54, 1.807) is 12.3 Å². The number of ether oxygens (including phenoxy) is 1. The van der Waals surface area contributed by atoms with Crippen LogP contribution in [0.3, 0.4) is 0 Å². The van der Waals surface area contributed by atoms with Crippen LogP contribution in [0.5, 0.6) is 5.75 Å². The van der Waals surface area contributed by atoms with Gasteiger partial charge in [0.15, 0.2) is 0 Å². The van der Waals surface area contributed by atoms with Crippen LogP contribution in [0.15, 0.2) is 42.6 Å². The Balaban J connectivity index is 1.87. The molecule has 0 saturated heterocycles. The monoisotopic (exact) mass is 281 g/mol. The lowest BCUT2D eigenvalue weighted by atomic mass is 10.1. The summed E-state index contributed by atoms with van der Waals surface area (Å²) in [6.45, 7) is 4.34. The molecule has 0 radical (unpaired) electrons. The van der Waals surface area contributed by atoms with Crippen molar-refractivity contribution in [2.75, 3.05) is 6.54 Å². The van der Waals surface area contributed by atoms with Gasteiger partial charge in [-0.05, 0) is 42.8 Å². The zero-order valence-electron chi connectivity index (χ0n) is 12.2. The van der Waals surface area contributed by atoms with Crippen LogP contribution in [-0.2, 0) is 13.2 Å².